The van der Waals surface area contributed by atoms with Crippen molar-refractivity contribution in [3.05, 3.63) is 0 Å². The van der Waals surface area contributed by atoms with Crippen molar-refractivity contribution in [1.82, 2.24) is 0 Å². The fraction of sp³-hybridized carbons (Fsp3) is 0.867. The first-order valence-corrected chi connectivity index (χ1v) is 8.43. The average Bonchev–Trinajstić information content (AvgIpc) is 3.04. The number of fused-ring (bicyclic) bond motifs is 2. The summed E-state index contributed by atoms with van der Waals surface area (Å²) in [6.07, 6.45) is 0.0390. The van der Waals surface area contributed by atoms with E-state index in [1.165, 1.54) is 12.8 Å². The van der Waals surface area contributed by atoms with Gasteiger partial charge in [-0.15, -0.1) is 0 Å². The molecule has 2 fully saturated rings. The van der Waals surface area contributed by atoms with Crippen LogP contribution in [0.5, 0.6) is 0 Å². The Hall–Kier alpha value is -0.590. The van der Waals surface area contributed by atoms with Gasteiger partial charge in [-0.25, -0.2) is 9.38 Å². The summed E-state index contributed by atoms with van der Waals surface area (Å²) in [5, 5.41) is 0.373. The second-order valence-corrected chi connectivity index (χ2v) is 8.58. The van der Waals surface area contributed by atoms with E-state index in [1.807, 2.05) is 0 Å². The minimum atomic E-state index is -5.10. The number of amides is 1. The second-order valence-electron chi connectivity index (χ2n) is 7.09. The van der Waals surface area contributed by atoms with Gasteiger partial charge in [0.25, 0.3) is 5.91 Å². The molecule has 0 spiro atoms. The highest BCUT2D eigenvalue weighted by molar-refractivity contribution is 8.16. The van der Waals surface area contributed by atoms with Crippen molar-refractivity contribution in [3.63, 3.8) is 0 Å². The first kappa shape index (κ1) is 16.3. The first-order valence-electron chi connectivity index (χ1n) is 7.61. The molecule has 0 saturated heterocycles. The minimum absolute atomic E-state index is 0.373. The van der Waals surface area contributed by atoms with E-state index in [0.29, 0.717) is 47.9 Å². The normalized spacial score (nSPS) is 40.9. The number of rotatable bonds is 3. The Morgan fingerprint density at radius 1 is 1.27 bits per heavy atom. The van der Waals surface area contributed by atoms with Gasteiger partial charge in [0.1, 0.15) is 4.75 Å². The maximum atomic E-state index is 14.3. The molecule has 2 saturated carbocycles. The molecule has 0 aromatic heterocycles. The van der Waals surface area contributed by atoms with Gasteiger partial charge >= 0.3 is 6.18 Å². The number of aliphatic imine (C=N–C) groups is 1. The SMILES string of the molecule is CC1(C(C)(F)C(F)(F)F)SC(C[C@H]2C[C@@H]3CC[C@H]2C3)=NC1=O. The highest BCUT2D eigenvalue weighted by atomic mass is 32.2. The Morgan fingerprint density at radius 2 is 1.95 bits per heavy atom. The maximum absolute atomic E-state index is 14.3. The van der Waals surface area contributed by atoms with E-state index in [-0.39, 0.29) is 0 Å². The fourth-order valence-corrected chi connectivity index (χ4v) is 5.36. The quantitative estimate of drug-likeness (QED) is 0.708. The Morgan fingerprint density at radius 3 is 2.45 bits per heavy atom. The van der Waals surface area contributed by atoms with Crippen molar-refractivity contribution in [1.29, 1.82) is 0 Å². The number of alkyl halides is 4. The topological polar surface area (TPSA) is 29.4 Å². The smallest absolute Gasteiger partial charge is 0.271 e. The van der Waals surface area contributed by atoms with Crippen LogP contribution < -0.4 is 0 Å². The zero-order valence-corrected chi connectivity index (χ0v) is 13.4. The third kappa shape index (κ3) is 2.31. The van der Waals surface area contributed by atoms with E-state index in [0.717, 1.165) is 19.8 Å². The van der Waals surface area contributed by atoms with Gasteiger partial charge < -0.3 is 0 Å². The van der Waals surface area contributed by atoms with Crippen LogP contribution in [0, 0.1) is 17.8 Å². The predicted molar refractivity (Wildman–Crippen MR) is 77.6 cm³/mol. The van der Waals surface area contributed by atoms with E-state index >= 15 is 0 Å². The lowest BCUT2D eigenvalue weighted by atomic mass is 9.87. The van der Waals surface area contributed by atoms with Crippen molar-refractivity contribution in [2.75, 3.05) is 0 Å². The summed E-state index contributed by atoms with van der Waals surface area (Å²) in [4.78, 5) is 15.8. The third-order valence-corrected chi connectivity index (χ3v) is 7.17. The number of carbonyl (C=O) groups excluding carboxylic acids is 1. The van der Waals surface area contributed by atoms with Gasteiger partial charge in [0.05, 0.1) is 5.04 Å². The molecule has 0 radical (unpaired) electrons. The third-order valence-electron chi connectivity index (χ3n) is 5.71. The number of nitrogens with zero attached hydrogens (tertiary/aromatic N) is 1. The summed E-state index contributed by atoms with van der Waals surface area (Å²) >= 11 is 0.675. The molecule has 1 aliphatic heterocycles. The lowest BCUT2D eigenvalue weighted by molar-refractivity contribution is -0.232. The standard InChI is InChI=1S/C15H19F4NOS/c1-13(14(2,16)15(17,18)19)12(21)20-11(22-13)7-10-6-8-3-4-9(10)5-8/h8-10H,3-7H2,1-2H3/t8-,9+,10-,13?,14?/m1/s1. The van der Waals surface area contributed by atoms with Gasteiger partial charge in [-0.2, -0.15) is 13.2 Å². The van der Waals surface area contributed by atoms with Crippen molar-refractivity contribution >= 4 is 22.7 Å². The molecule has 2 unspecified atom stereocenters. The van der Waals surface area contributed by atoms with E-state index < -0.39 is 22.5 Å². The van der Waals surface area contributed by atoms with Crippen LogP contribution in [-0.4, -0.2) is 27.5 Å². The molecule has 3 aliphatic rings. The summed E-state index contributed by atoms with van der Waals surface area (Å²) in [6, 6.07) is 0. The number of hydrogen-bond acceptors (Lipinski definition) is 2. The molecule has 7 heteroatoms. The number of carbonyl (C=O) groups is 1. The van der Waals surface area contributed by atoms with Crippen molar-refractivity contribution in [3.8, 4) is 0 Å². The predicted octanol–water partition coefficient (Wildman–Crippen LogP) is 4.53. The molecular formula is C15H19F4NOS. The summed E-state index contributed by atoms with van der Waals surface area (Å²) < 4.78 is 51.0. The van der Waals surface area contributed by atoms with Gasteiger partial charge in [-0.05, 0) is 57.3 Å². The Balaban J connectivity index is 1.73. The Bertz CT molecular complexity index is 530. The van der Waals surface area contributed by atoms with Crippen LogP contribution in [0.2, 0.25) is 0 Å². The molecule has 1 heterocycles. The van der Waals surface area contributed by atoms with Crippen molar-refractivity contribution in [2.45, 2.75) is 62.5 Å². The van der Waals surface area contributed by atoms with Crippen molar-refractivity contribution in [2.24, 2.45) is 22.7 Å². The largest absolute Gasteiger partial charge is 0.424 e. The minimum Gasteiger partial charge on any atom is -0.271 e. The van der Waals surface area contributed by atoms with E-state index in [4.69, 9.17) is 0 Å². The fourth-order valence-electron chi connectivity index (χ4n) is 4.03. The second kappa shape index (κ2) is 4.95. The first-order chi connectivity index (χ1) is 10.0. The molecule has 124 valence electrons. The number of halogens is 4. The molecule has 0 aromatic rings. The highest BCUT2D eigenvalue weighted by Gasteiger charge is 2.68. The molecule has 3 rings (SSSR count). The monoisotopic (exact) mass is 337 g/mol. The van der Waals surface area contributed by atoms with Gasteiger partial charge in [0.15, 0.2) is 0 Å². The van der Waals surface area contributed by atoms with E-state index in [2.05, 4.69) is 4.99 Å². The molecular weight excluding hydrogens is 318 g/mol. The van der Waals surface area contributed by atoms with Gasteiger partial charge in [-0.3, -0.25) is 4.79 Å². The Labute approximate surface area is 131 Å². The number of thioether (sulfide) groups is 1. The molecule has 2 nitrogen and oxygen atoms in total. The summed E-state index contributed by atoms with van der Waals surface area (Å²) in [7, 11) is 0. The zero-order chi connectivity index (χ0) is 16.3. The summed E-state index contributed by atoms with van der Waals surface area (Å²) in [5.74, 6) is 0.690. The Kier molecular flexibility index (Phi) is 3.66. The van der Waals surface area contributed by atoms with E-state index in [1.54, 1.807) is 0 Å². The average molecular weight is 337 g/mol. The van der Waals surface area contributed by atoms with Gasteiger partial charge in [-0.1, -0.05) is 18.2 Å². The van der Waals surface area contributed by atoms with Crippen LogP contribution in [-0.2, 0) is 4.79 Å². The van der Waals surface area contributed by atoms with Crippen LogP contribution in [0.15, 0.2) is 4.99 Å². The lowest BCUT2D eigenvalue weighted by Crippen LogP contribution is -2.57. The number of hydrogen-bond donors (Lipinski definition) is 0. The van der Waals surface area contributed by atoms with Crippen LogP contribution in [0.1, 0.15) is 46.0 Å². The molecule has 0 aromatic carbocycles. The van der Waals surface area contributed by atoms with Crippen LogP contribution in [0.25, 0.3) is 0 Å². The zero-order valence-electron chi connectivity index (χ0n) is 12.5. The molecule has 5 atom stereocenters. The van der Waals surface area contributed by atoms with Crippen LogP contribution in [0.4, 0.5) is 17.6 Å². The van der Waals surface area contributed by atoms with E-state index in [9.17, 15) is 22.4 Å². The highest BCUT2D eigenvalue weighted by Crippen LogP contribution is 2.55. The van der Waals surface area contributed by atoms with Gasteiger partial charge in [0.2, 0.25) is 5.67 Å². The summed E-state index contributed by atoms with van der Waals surface area (Å²) in [5.41, 5.74) is -3.60. The van der Waals surface area contributed by atoms with Crippen LogP contribution >= 0.6 is 11.8 Å². The molecule has 0 N–H and O–H groups in total. The maximum Gasteiger partial charge on any atom is 0.424 e. The molecule has 2 aliphatic carbocycles. The molecule has 2 bridgehead atoms. The summed E-state index contributed by atoms with van der Waals surface area (Å²) in [6.45, 7) is 1.46. The lowest BCUT2D eigenvalue weighted by Gasteiger charge is -2.35. The molecule has 1 amide bonds. The van der Waals surface area contributed by atoms with Gasteiger partial charge in [0, 0.05) is 0 Å². The van der Waals surface area contributed by atoms with Crippen LogP contribution in [0.3, 0.4) is 0 Å². The van der Waals surface area contributed by atoms with Crippen molar-refractivity contribution < 1.29 is 22.4 Å². The molecule has 22 heavy (non-hydrogen) atoms.